The minimum absolute atomic E-state index is 0.00576. The minimum Gasteiger partial charge on any atom is -0.497 e. The number of nitrogens with zero attached hydrogens (tertiary/aromatic N) is 5. The van der Waals surface area contributed by atoms with Crippen LogP contribution in [0, 0.1) is 11.3 Å². The van der Waals surface area contributed by atoms with Gasteiger partial charge in [0.15, 0.2) is 30.1 Å². The van der Waals surface area contributed by atoms with Crippen LogP contribution < -0.4 is 25.1 Å². The van der Waals surface area contributed by atoms with Crippen LogP contribution in [0.25, 0.3) is 11.2 Å². The molecule has 0 saturated carbocycles. The summed E-state index contributed by atoms with van der Waals surface area (Å²) < 4.78 is 55.6. The zero-order chi connectivity index (χ0) is 52.2. The molecule has 1 unspecified atom stereocenters. The van der Waals surface area contributed by atoms with E-state index >= 15 is 0 Å². The van der Waals surface area contributed by atoms with Gasteiger partial charge in [0.25, 0.3) is 20.0 Å². The van der Waals surface area contributed by atoms with E-state index in [4.69, 9.17) is 42.5 Å². The number of para-hydroxylation sites is 1. The minimum atomic E-state index is -1.96. The fourth-order valence-corrected chi connectivity index (χ4v) is 10.5. The van der Waals surface area contributed by atoms with E-state index < -0.39 is 56.1 Å². The maximum atomic E-state index is 14.7. The van der Waals surface area contributed by atoms with Crippen molar-refractivity contribution in [2.75, 3.05) is 39.4 Å². The molecule has 384 valence electrons. The summed E-state index contributed by atoms with van der Waals surface area (Å²) >= 11 is 0. The van der Waals surface area contributed by atoms with E-state index in [-0.39, 0.29) is 61.0 Å². The number of ether oxygens (including phenoxy) is 6. The molecule has 1 saturated heterocycles. The van der Waals surface area contributed by atoms with E-state index in [9.17, 15) is 19.6 Å². The standard InChI is InChI=1S/C55H58N7O11P/c1-36(2)62(37(3)4)74(70-32-16-31-56)73-45-33-69-52(61-35-57-47-50(61)59-54(60-51(47)64)58-46(63)34-68-44-21-14-9-15-22-44)49(48(45)71-53(65)38-17-10-7-11-18-38)72-55(39-19-12-8-13-20-39,40-23-27-42(66-5)28-24-40)41-25-29-43(67-6)30-26-41/h7-15,17-30,35-37,45,48-49,52H,16,32-34H2,1-6H3,(H2,58,59,60,63,64)/t45-,48-,49+,52+,74?/m0/s1. The number of esters is 1. The van der Waals surface area contributed by atoms with E-state index in [1.165, 1.54) is 10.9 Å². The molecular weight excluding hydrogens is 966 g/mol. The van der Waals surface area contributed by atoms with Gasteiger partial charge in [0.2, 0.25) is 5.95 Å². The molecule has 3 heterocycles. The number of hydrogen-bond acceptors (Lipinski definition) is 15. The second-order valence-corrected chi connectivity index (χ2v) is 19.0. The Balaban J connectivity index is 1.34. The van der Waals surface area contributed by atoms with E-state index in [0.29, 0.717) is 33.9 Å². The lowest BCUT2D eigenvalue weighted by Crippen LogP contribution is -2.57. The molecule has 74 heavy (non-hydrogen) atoms. The summed E-state index contributed by atoms with van der Waals surface area (Å²) in [5.74, 6) is 0.180. The lowest BCUT2D eigenvalue weighted by Gasteiger charge is -2.48. The van der Waals surface area contributed by atoms with Gasteiger partial charge in [0, 0.05) is 12.1 Å². The Labute approximate surface area is 430 Å². The molecule has 2 N–H and O–H groups in total. The number of imidazole rings is 1. The summed E-state index contributed by atoms with van der Waals surface area (Å²) in [4.78, 5) is 53.7. The van der Waals surface area contributed by atoms with E-state index in [2.05, 4.69) is 26.0 Å². The van der Waals surface area contributed by atoms with Crippen LogP contribution in [0.3, 0.4) is 0 Å². The lowest BCUT2D eigenvalue weighted by molar-refractivity contribution is -0.243. The molecule has 0 radical (unpaired) electrons. The van der Waals surface area contributed by atoms with Gasteiger partial charge in [-0.3, -0.25) is 24.5 Å². The monoisotopic (exact) mass is 1020 g/mol. The van der Waals surface area contributed by atoms with Gasteiger partial charge in [-0.1, -0.05) is 91.0 Å². The van der Waals surface area contributed by atoms with Crippen molar-refractivity contribution >= 4 is 37.5 Å². The Morgan fingerprint density at radius 1 is 0.824 bits per heavy atom. The third kappa shape index (κ3) is 12.0. The van der Waals surface area contributed by atoms with Crippen molar-refractivity contribution in [3.63, 3.8) is 0 Å². The van der Waals surface area contributed by atoms with Crippen LogP contribution in [-0.4, -0.2) is 101 Å². The van der Waals surface area contributed by atoms with Crippen LogP contribution in [0.5, 0.6) is 17.2 Å². The van der Waals surface area contributed by atoms with Crippen LogP contribution in [0.1, 0.15) is 67.4 Å². The normalized spacial score (nSPS) is 17.2. The molecule has 5 atom stereocenters. The van der Waals surface area contributed by atoms with Crippen LogP contribution in [0.2, 0.25) is 0 Å². The molecule has 2 aromatic heterocycles. The third-order valence-corrected chi connectivity index (χ3v) is 14.3. The van der Waals surface area contributed by atoms with Crippen molar-refractivity contribution in [2.45, 2.75) is 76.3 Å². The average Bonchev–Trinajstić information content (AvgIpc) is 3.85. The number of anilines is 1. The van der Waals surface area contributed by atoms with Gasteiger partial charge in [0.1, 0.15) is 35.1 Å². The number of H-pyrrole nitrogens is 1. The molecule has 19 heteroatoms. The first-order valence-corrected chi connectivity index (χ1v) is 25.2. The maximum absolute atomic E-state index is 14.7. The molecule has 1 fully saturated rings. The number of carbonyl (C=O) groups excluding carboxylic acids is 2. The molecule has 1 aliphatic rings. The van der Waals surface area contributed by atoms with Crippen molar-refractivity contribution in [2.24, 2.45) is 0 Å². The molecule has 8 rings (SSSR count). The molecule has 0 aliphatic carbocycles. The predicted molar refractivity (Wildman–Crippen MR) is 277 cm³/mol. The smallest absolute Gasteiger partial charge is 0.338 e. The number of amides is 1. The Kier molecular flexibility index (Phi) is 17.5. The SMILES string of the molecule is COc1ccc(C(O[C@@H]2[C@@H](OC(=O)c3ccccc3)[C@@H](OP(OCCC#N)N(C(C)C)C(C)C)CO[C@H]2n2cnc3c(=O)[nH]c(NC(=O)COc4ccccc4)nc32)(c2ccccc2)c2ccc(OC)cc2)cc1. The topological polar surface area (TPSA) is 211 Å². The van der Waals surface area contributed by atoms with Gasteiger partial charge < -0.3 is 37.5 Å². The zero-order valence-corrected chi connectivity index (χ0v) is 42.7. The molecule has 0 spiro atoms. The molecule has 7 aromatic rings. The van der Waals surface area contributed by atoms with Gasteiger partial charge in [0.05, 0.1) is 51.8 Å². The number of fused-ring (bicyclic) bond motifs is 1. The maximum Gasteiger partial charge on any atom is 0.338 e. The van der Waals surface area contributed by atoms with Crippen molar-refractivity contribution in [3.8, 4) is 23.3 Å². The second kappa shape index (κ2) is 24.5. The van der Waals surface area contributed by atoms with Crippen LogP contribution in [0.4, 0.5) is 5.95 Å². The fraction of sp³-hybridized carbons (Fsp3) is 0.309. The Bertz CT molecular complexity index is 2990. The molecule has 18 nitrogen and oxygen atoms in total. The number of nitrogens with one attached hydrogen (secondary N) is 2. The van der Waals surface area contributed by atoms with Gasteiger partial charge in [-0.2, -0.15) is 10.2 Å². The summed E-state index contributed by atoms with van der Waals surface area (Å²) in [5, 5.41) is 12.2. The van der Waals surface area contributed by atoms with Crippen molar-refractivity contribution in [3.05, 3.63) is 178 Å². The number of benzene rings is 5. The number of nitriles is 1. The highest BCUT2D eigenvalue weighted by atomic mass is 31.2. The Morgan fingerprint density at radius 2 is 1.41 bits per heavy atom. The molecule has 1 aliphatic heterocycles. The number of aromatic amines is 1. The van der Waals surface area contributed by atoms with Gasteiger partial charge >= 0.3 is 5.97 Å². The van der Waals surface area contributed by atoms with Crippen LogP contribution >= 0.6 is 8.53 Å². The summed E-state index contributed by atoms with van der Waals surface area (Å²) in [6.07, 6.45) is -3.60. The van der Waals surface area contributed by atoms with Gasteiger partial charge in [-0.25, -0.2) is 14.4 Å². The number of aromatic nitrogens is 4. The van der Waals surface area contributed by atoms with E-state index in [1.807, 2.05) is 113 Å². The van der Waals surface area contributed by atoms with Crippen molar-refractivity contribution in [1.29, 1.82) is 5.26 Å². The number of rotatable bonds is 22. The van der Waals surface area contributed by atoms with E-state index in [1.54, 1.807) is 68.8 Å². The molecule has 1 amide bonds. The summed E-state index contributed by atoms with van der Waals surface area (Å²) in [6.45, 7) is 7.53. The summed E-state index contributed by atoms with van der Waals surface area (Å²) in [6, 6.07) is 43.7. The largest absolute Gasteiger partial charge is 0.497 e. The first-order chi connectivity index (χ1) is 35.9. The average molecular weight is 1020 g/mol. The summed E-state index contributed by atoms with van der Waals surface area (Å²) in [5.41, 5.74) is -0.0785. The first-order valence-electron chi connectivity index (χ1n) is 24.0. The number of carbonyl (C=O) groups is 2. The van der Waals surface area contributed by atoms with Crippen LogP contribution in [-0.2, 0) is 33.7 Å². The second-order valence-electron chi connectivity index (χ2n) is 17.6. The highest BCUT2D eigenvalue weighted by molar-refractivity contribution is 7.44. The highest BCUT2D eigenvalue weighted by Gasteiger charge is 2.53. The summed E-state index contributed by atoms with van der Waals surface area (Å²) in [7, 11) is 1.20. The highest BCUT2D eigenvalue weighted by Crippen LogP contribution is 2.51. The lowest BCUT2D eigenvalue weighted by atomic mass is 9.79. The molecule has 0 bridgehead atoms. The van der Waals surface area contributed by atoms with Crippen LogP contribution in [0.15, 0.2) is 151 Å². The molecular formula is C55H58N7O11P. The number of methoxy groups -OCH3 is 2. The van der Waals surface area contributed by atoms with Gasteiger partial charge in [-0.05, 0) is 92.9 Å². The fourth-order valence-electron chi connectivity index (χ4n) is 8.77. The van der Waals surface area contributed by atoms with Gasteiger partial charge in [-0.15, -0.1) is 0 Å². The van der Waals surface area contributed by atoms with Crippen molar-refractivity contribution in [1.82, 2.24) is 24.2 Å². The van der Waals surface area contributed by atoms with Crippen molar-refractivity contribution < 1.29 is 47.1 Å². The third-order valence-electron chi connectivity index (χ3n) is 12.1. The predicted octanol–water partition coefficient (Wildman–Crippen LogP) is 8.95. The number of hydrogen-bond donors (Lipinski definition) is 2. The Morgan fingerprint density at radius 3 is 1.99 bits per heavy atom. The first kappa shape index (κ1) is 52.8. The zero-order valence-electron chi connectivity index (χ0n) is 41.8. The quantitative estimate of drug-likeness (QED) is 0.0281. The molecule has 5 aromatic carbocycles. The Hall–Kier alpha value is -7.49. The van der Waals surface area contributed by atoms with E-state index in [0.717, 1.165) is 0 Å².